The Kier molecular flexibility index (Phi) is 9.73. The number of halogens is 1. The van der Waals surface area contributed by atoms with Gasteiger partial charge in [-0.05, 0) is 101 Å². The summed E-state index contributed by atoms with van der Waals surface area (Å²) >= 11 is 5.44. The fourth-order valence-electron chi connectivity index (χ4n) is 5.82. The van der Waals surface area contributed by atoms with E-state index in [2.05, 4.69) is 35.5 Å². The number of carbonyl (C=O) groups excluding carboxylic acids is 2. The molecular formula is C40H35ClN2O3. The van der Waals surface area contributed by atoms with Gasteiger partial charge in [-0.25, -0.2) is 0 Å². The molecule has 0 aromatic heterocycles. The van der Waals surface area contributed by atoms with Gasteiger partial charge in [0.05, 0.1) is 0 Å². The summed E-state index contributed by atoms with van der Waals surface area (Å²) in [4.78, 5) is 26.4. The standard InChI is InChI=1S/C29H28N2O2.C11H7ClO/c1-31-18-16-26(17-19-31)33-25-14-12-21(13-15-25)23-8-4-9-24(20-23)30-29(32)28-11-5-7-22-6-2-3-10-27(22)28;12-11(13)10-7-3-5-8-4-1-2-6-9(8)10/h2-15,20,26H,16-19H2,1H3,(H,30,32);1-7H. The summed E-state index contributed by atoms with van der Waals surface area (Å²) in [5, 5.41) is 6.61. The van der Waals surface area contributed by atoms with E-state index >= 15 is 0 Å². The van der Waals surface area contributed by atoms with Crippen molar-refractivity contribution >= 4 is 50.0 Å². The van der Waals surface area contributed by atoms with Gasteiger partial charge in [-0.15, -0.1) is 0 Å². The highest BCUT2D eigenvalue weighted by Crippen LogP contribution is 2.27. The van der Waals surface area contributed by atoms with Crippen LogP contribution in [0.15, 0.2) is 133 Å². The van der Waals surface area contributed by atoms with Crippen LogP contribution in [0.4, 0.5) is 5.69 Å². The number of carbonyl (C=O) groups is 2. The van der Waals surface area contributed by atoms with Crippen molar-refractivity contribution in [1.29, 1.82) is 0 Å². The van der Waals surface area contributed by atoms with Gasteiger partial charge >= 0.3 is 0 Å². The normalized spacial score (nSPS) is 13.5. The summed E-state index contributed by atoms with van der Waals surface area (Å²) in [5.74, 6) is 0.805. The number of amides is 1. The molecule has 1 N–H and O–H groups in total. The minimum Gasteiger partial charge on any atom is -0.490 e. The Morgan fingerprint density at radius 3 is 1.89 bits per heavy atom. The molecule has 230 valence electrons. The molecular weight excluding hydrogens is 592 g/mol. The zero-order chi connectivity index (χ0) is 31.9. The molecule has 1 fully saturated rings. The average Bonchev–Trinajstić information content (AvgIpc) is 3.09. The van der Waals surface area contributed by atoms with Crippen LogP contribution in [0.2, 0.25) is 0 Å². The van der Waals surface area contributed by atoms with Crippen molar-refractivity contribution in [3.05, 3.63) is 145 Å². The van der Waals surface area contributed by atoms with E-state index in [1.807, 2.05) is 109 Å². The first-order chi connectivity index (χ1) is 22.4. The number of piperidine rings is 1. The second-order valence-corrected chi connectivity index (χ2v) is 11.9. The number of hydrogen-bond acceptors (Lipinski definition) is 4. The lowest BCUT2D eigenvalue weighted by Gasteiger charge is -2.29. The fourth-order valence-corrected chi connectivity index (χ4v) is 5.98. The smallest absolute Gasteiger partial charge is 0.256 e. The highest BCUT2D eigenvalue weighted by molar-refractivity contribution is 6.68. The Morgan fingerprint density at radius 1 is 0.674 bits per heavy atom. The molecule has 6 aromatic rings. The monoisotopic (exact) mass is 626 g/mol. The Labute approximate surface area is 274 Å². The molecule has 1 aliphatic rings. The van der Waals surface area contributed by atoms with Crippen LogP contribution >= 0.6 is 11.6 Å². The van der Waals surface area contributed by atoms with E-state index in [0.29, 0.717) is 17.2 Å². The zero-order valence-corrected chi connectivity index (χ0v) is 26.4. The minimum absolute atomic E-state index is 0.106. The number of fused-ring (bicyclic) bond motifs is 2. The van der Waals surface area contributed by atoms with E-state index in [1.54, 1.807) is 6.07 Å². The van der Waals surface area contributed by atoms with Gasteiger partial charge < -0.3 is 15.0 Å². The van der Waals surface area contributed by atoms with Crippen molar-refractivity contribution in [2.24, 2.45) is 0 Å². The Balaban J connectivity index is 0.000000238. The number of anilines is 1. The lowest BCUT2D eigenvalue weighted by molar-refractivity contribution is 0.102. The van der Waals surface area contributed by atoms with E-state index in [0.717, 1.165) is 70.0 Å². The maximum atomic E-state index is 13.0. The van der Waals surface area contributed by atoms with Gasteiger partial charge in [-0.2, -0.15) is 0 Å². The number of rotatable bonds is 6. The third-order valence-electron chi connectivity index (χ3n) is 8.31. The van der Waals surface area contributed by atoms with Crippen LogP contribution in [0.5, 0.6) is 5.75 Å². The van der Waals surface area contributed by atoms with Gasteiger partial charge in [0, 0.05) is 29.9 Å². The summed E-state index contributed by atoms with van der Waals surface area (Å²) in [5.41, 5.74) is 4.16. The number of likely N-dealkylation sites (tertiary alicyclic amines) is 1. The van der Waals surface area contributed by atoms with Gasteiger partial charge in [0.2, 0.25) is 0 Å². The van der Waals surface area contributed by atoms with Crippen molar-refractivity contribution in [1.82, 2.24) is 4.90 Å². The first-order valence-corrected chi connectivity index (χ1v) is 15.8. The second-order valence-electron chi connectivity index (χ2n) is 11.5. The number of nitrogens with one attached hydrogen (secondary N) is 1. The van der Waals surface area contributed by atoms with Gasteiger partial charge in [0.15, 0.2) is 0 Å². The van der Waals surface area contributed by atoms with E-state index in [9.17, 15) is 9.59 Å². The van der Waals surface area contributed by atoms with Crippen LogP contribution in [-0.2, 0) is 0 Å². The van der Waals surface area contributed by atoms with Crippen molar-refractivity contribution < 1.29 is 14.3 Å². The molecule has 0 spiro atoms. The fraction of sp³-hybridized carbons (Fsp3) is 0.150. The number of ether oxygens (including phenoxy) is 1. The van der Waals surface area contributed by atoms with Crippen LogP contribution in [0.25, 0.3) is 32.7 Å². The summed E-state index contributed by atoms with van der Waals surface area (Å²) in [6.45, 7) is 2.17. The Bertz CT molecular complexity index is 1970. The van der Waals surface area contributed by atoms with Crippen molar-refractivity contribution in [3.63, 3.8) is 0 Å². The molecule has 6 aromatic carbocycles. The summed E-state index contributed by atoms with van der Waals surface area (Å²) in [6.07, 6.45) is 2.42. The summed E-state index contributed by atoms with van der Waals surface area (Å²) in [7, 11) is 2.16. The molecule has 6 heteroatoms. The predicted molar refractivity (Wildman–Crippen MR) is 189 cm³/mol. The van der Waals surface area contributed by atoms with Crippen molar-refractivity contribution in [2.45, 2.75) is 18.9 Å². The van der Waals surface area contributed by atoms with Gasteiger partial charge in [0.1, 0.15) is 11.9 Å². The second kappa shape index (κ2) is 14.4. The van der Waals surface area contributed by atoms with Crippen molar-refractivity contribution in [2.75, 3.05) is 25.5 Å². The molecule has 46 heavy (non-hydrogen) atoms. The molecule has 0 bridgehead atoms. The van der Waals surface area contributed by atoms with E-state index in [-0.39, 0.29) is 5.91 Å². The average molecular weight is 627 g/mol. The highest BCUT2D eigenvalue weighted by atomic mass is 35.5. The van der Waals surface area contributed by atoms with Crippen LogP contribution in [0.1, 0.15) is 33.6 Å². The van der Waals surface area contributed by atoms with Crippen molar-refractivity contribution in [3.8, 4) is 16.9 Å². The highest BCUT2D eigenvalue weighted by Gasteiger charge is 2.18. The third-order valence-corrected chi connectivity index (χ3v) is 8.52. The number of benzene rings is 6. The van der Waals surface area contributed by atoms with Crippen LogP contribution in [0.3, 0.4) is 0 Å². The van der Waals surface area contributed by atoms with E-state index < -0.39 is 5.24 Å². The van der Waals surface area contributed by atoms with Crippen LogP contribution in [0, 0.1) is 0 Å². The summed E-state index contributed by atoms with van der Waals surface area (Å²) in [6, 6.07) is 43.1. The zero-order valence-electron chi connectivity index (χ0n) is 25.7. The number of hydrogen-bond donors (Lipinski definition) is 1. The van der Waals surface area contributed by atoms with Gasteiger partial charge in [-0.1, -0.05) is 97.1 Å². The SMILES string of the molecule is CN1CCC(Oc2ccc(-c3cccc(NC(=O)c4cccc5ccccc45)c3)cc2)CC1.O=C(Cl)c1cccc2ccccc12. The molecule has 1 amide bonds. The first-order valence-electron chi connectivity index (χ1n) is 15.5. The first kappa shape index (κ1) is 31.0. The lowest BCUT2D eigenvalue weighted by Crippen LogP contribution is -2.35. The van der Waals surface area contributed by atoms with Gasteiger partial charge in [0.25, 0.3) is 11.1 Å². The molecule has 0 unspecified atom stereocenters. The molecule has 7 rings (SSSR count). The predicted octanol–water partition coefficient (Wildman–Crippen LogP) is 9.45. The van der Waals surface area contributed by atoms with Crippen LogP contribution in [-0.4, -0.2) is 42.3 Å². The summed E-state index contributed by atoms with van der Waals surface area (Å²) < 4.78 is 6.17. The molecule has 0 radical (unpaired) electrons. The minimum atomic E-state index is -0.406. The molecule has 1 aliphatic heterocycles. The largest absolute Gasteiger partial charge is 0.490 e. The van der Waals surface area contributed by atoms with Crippen LogP contribution < -0.4 is 10.1 Å². The lowest BCUT2D eigenvalue weighted by atomic mass is 10.0. The quantitative estimate of drug-likeness (QED) is 0.187. The molecule has 0 atom stereocenters. The maximum Gasteiger partial charge on any atom is 0.256 e. The molecule has 5 nitrogen and oxygen atoms in total. The van der Waals surface area contributed by atoms with E-state index in [1.165, 1.54) is 0 Å². The topological polar surface area (TPSA) is 58.6 Å². The van der Waals surface area contributed by atoms with Gasteiger partial charge in [-0.3, -0.25) is 9.59 Å². The van der Waals surface area contributed by atoms with E-state index in [4.69, 9.17) is 16.3 Å². The number of nitrogens with zero attached hydrogens (tertiary/aromatic N) is 1. The molecule has 0 aliphatic carbocycles. The Hall–Kier alpha value is -4.97. The molecule has 1 heterocycles. The third kappa shape index (κ3) is 7.45. The Morgan fingerprint density at radius 2 is 1.24 bits per heavy atom. The molecule has 0 saturated carbocycles. The molecule has 1 saturated heterocycles. The maximum absolute atomic E-state index is 13.0.